The van der Waals surface area contributed by atoms with Crippen LogP contribution in [0.5, 0.6) is 0 Å². The molecule has 0 saturated heterocycles. The van der Waals surface area contributed by atoms with Crippen LogP contribution in [-0.2, 0) is 6.54 Å². The van der Waals surface area contributed by atoms with Crippen LogP contribution in [0.15, 0.2) is 6.20 Å². The lowest BCUT2D eigenvalue weighted by Crippen LogP contribution is -2.14. The summed E-state index contributed by atoms with van der Waals surface area (Å²) in [6, 6.07) is 0. The summed E-state index contributed by atoms with van der Waals surface area (Å²) in [6.45, 7) is -1.44. The highest BCUT2D eigenvalue weighted by molar-refractivity contribution is 5.18. The summed E-state index contributed by atoms with van der Waals surface area (Å²) >= 11 is 0. The molecule has 6 heteroatoms. The molecule has 0 fully saturated rings. The summed E-state index contributed by atoms with van der Waals surface area (Å²) < 4.78 is 22.0. The van der Waals surface area contributed by atoms with Gasteiger partial charge >= 0.3 is 5.82 Å². The SMILES string of the molecule is [2H]C([2H])([2H])C(O)Cn1c([N+](=O)[O-])cnc1C. The summed E-state index contributed by atoms with van der Waals surface area (Å²) in [5, 5.41) is 19.9. The topological polar surface area (TPSA) is 81.2 Å². The predicted octanol–water partition coefficient (Wildman–Crippen LogP) is 0.481. The number of nitrogens with zero attached hydrogens (tertiary/aromatic N) is 3. The van der Waals surface area contributed by atoms with E-state index in [1.807, 2.05) is 0 Å². The van der Waals surface area contributed by atoms with Crippen molar-refractivity contribution in [3.8, 4) is 0 Å². The standard InChI is InChI=1S/C7H11N3O3/c1-5(11)4-9-6(2)8-3-7(9)10(12)13/h3,5,11H,4H2,1-2H3/i1D3. The molecule has 0 aliphatic rings. The van der Waals surface area contributed by atoms with Gasteiger partial charge in [0, 0.05) is 11.0 Å². The minimum Gasteiger partial charge on any atom is -0.389 e. The number of hydrogen-bond acceptors (Lipinski definition) is 4. The summed E-state index contributed by atoms with van der Waals surface area (Å²) in [5.41, 5.74) is 0. The van der Waals surface area contributed by atoms with E-state index < -0.39 is 17.9 Å². The van der Waals surface area contributed by atoms with Crippen molar-refractivity contribution in [3.05, 3.63) is 22.1 Å². The lowest BCUT2D eigenvalue weighted by molar-refractivity contribution is -0.392. The van der Waals surface area contributed by atoms with Gasteiger partial charge in [0.15, 0.2) is 5.82 Å². The monoisotopic (exact) mass is 188 g/mol. The molecule has 6 nitrogen and oxygen atoms in total. The van der Waals surface area contributed by atoms with Gasteiger partial charge in [-0.25, -0.2) is 9.55 Å². The highest BCUT2D eigenvalue weighted by atomic mass is 16.6. The Bertz CT molecular complexity index is 401. The van der Waals surface area contributed by atoms with Crippen LogP contribution in [0.1, 0.15) is 16.8 Å². The van der Waals surface area contributed by atoms with Crippen molar-refractivity contribution in [2.45, 2.75) is 26.4 Å². The smallest absolute Gasteiger partial charge is 0.342 e. The first-order valence-electron chi connectivity index (χ1n) is 5.08. The van der Waals surface area contributed by atoms with Crippen LogP contribution < -0.4 is 0 Å². The Morgan fingerprint density at radius 1 is 2.00 bits per heavy atom. The summed E-state index contributed by atoms with van der Waals surface area (Å²) in [5.74, 6) is -0.0456. The van der Waals surface area contributed by atoms with Crippen molar-refractivity contribution in [2.24, 2.45) is 0 Å². The van der Waals surface area contributed by atoms with E-state index in [4.69, 9.17) is 4.11 Å². The molecule has 1 unspecified atom stereocenters. The Morgan fingerprint density at radius 3 is 3.23 bits per heavy atom. The molecule has 0 bridgehead atoms. The van der Waals surface area contributed by atoms with Gasteiger partial charge in [-0.2, -0.15) is 0 Å². The number of imidazole rings is 1. The summed E-state index contributed by atoms with van der Waals surface area (Å²) in [7, 11) is 0. The molecule has 1 aromatic heterocycles. The maximum atomic E-state index is 10.6. The number of nitro groups is 1. The van der Waals surface area contributed by atoms with Gasteiger partial charge in [-0.3, -0.25) is 0 Å². The lowest BCUT2D eigenvalue weighted by Gasteiger charge is -2.04. The third-order valence-electron chi connectivity index (χ3n) is 1.58. The highest BCUT2D eigenvalue weighted by Gasteiger charge is 2.18. The van der Waals surface area contributed by atoms with Crippen LogP contribution in [0.4, 0.5) is 5.82 Å². The molecule has 0 aromatic carbocycles. The first-order valence-corrected chi connectivity index (χ1v) is 3.58. The highest BCUT2D eigenvalue weighted by Crippen LogP contribution is 2.13. The number of aromatic nitrogens is 2. The van der Waals surface area contributed by atoms with Crippen LogP contribution in [0.25, 0.3) is 0 Å². The summed E-state index contributed by atoms with van der Waals surface area (Å²) in [6.07, 6.45) is -0.624. The molecular weight excluding hydrogens is 174 g/mol. The zero-order chi connectivity index (χ0) is 12.5. The van der Waals surface area contributed by atoms with E-state index in [2.05, 4.69) is 4.98 Å². The number of aliphatic hydroxyl groups excluding tert-OH is 1. The Morgan fingerprint density at radius 2 is 2.69 bits per heavy atom. The molecule has 0 spiro atoms. The number of aryl methyl sites for hydroxylation is 1. The van der Waals surface area contributed by atoms with Gasteiger partial charge in [0.25, 0.3) is 0 Å². The van der Waals surface area contributed by atoms with E-state index in [9.17, 15) is 15.2 Å². The van der Waals surface area contributed by atoms with E-state index >= 15 is 0 Å². The second-order valence-corrected chi connectivity index (χ2v) is 2.55. The van der Waals surface area contributed by atoms with Gasteiger partial charge < -0.3 is 15.2 Å². The molecule has 0 aliphatic carbocycles. The van der Waals surface area contributed by atoms with E-state index in [0.717, 1.165) is 10.8 Å². The first kappa shape index (κ1) is 6.09. The van der Waals surface area contributed by atoms with E-state index in [1.54, 1.807) is 0 Å². The van der Waals surface area contributed by atoms with Gasteiger partial charge in [0.2, 0.25) is 0 Å². The number of hydrogen-bond donors (Lipinski definition) is 1. The molecule has 0 aliphatic heterocycles. The van der Waals surface area contributed by atoms with Crippen LogP contribution in [-0.4, -0.2) is 25.7 Å². The van der Waals surface area contributed by atoms with Crippen LogP contribution in [0.2, 0.25) is 0 Å². The van der Waals surface area contributed by atoms with Gasteiger partial charge in [0.1, 0.15) is 12.7 Å². The minimum atomic E-state index is -2.56. The van der Waals surface area contributed by atoms with Crippen molar-refractivity contribution < 1.29 is 14.1 Å². The van der Waals surface area contributed by atoms with Crippen LogP contribution in [0.3, 0.4) is 0 Å². The molecule has 1 aromatic rings. The van der Waals surface area contributed by atoms with Crippen molar-refractivity contribution >= 4 is 5.82 Å². The molecule has 1 atom stereocenters. The average Bonchev–Trinajstić information content (AvgIpc) is 2.46. The van der Waals surface area contributed by atoms with Crippen LogP contribution in [0, 0.1) is 17.0 Å². The Balaban J connectivity index is 2.97. The molecule has 72 valence electrons. The number of rotatable bonds is 3. The fourth-order valence-corrected chi connectivity index (χ4v) is 1.00. The molecule has 13 heavy (non-hydrogen) atoms. The van der Waals surface area contributed by atoms with E-state index in [-0.39, 0.29) is 18.2 Å². The molecule has 0 amide bonds. The van der Waals surface area contributed by atoms with Gasteiger partial charge in [0.05, 0.1) is 6.10 Å². The fraction of sp³-hybridized carbons (Fsp3) is 0.571. The van der Waals surface area contributed by atoms with E-state index in [1.165, 1.54) is 6.92 Å². The van der Waals surface area contributed by atoms with Gasteiger partial charge in [-0.1, -0.05) is 0 Å². The van der Waals surface area contributed by atoms with Gasteiger partial charge in [-0.15, -0.1) is 0 Å². The summed E-state index contributed by atoms with van der Waals surface area (Å²) in [4.78, 5) is 13.6. The average molecular weight is 188 g/mol. The molecule has 0 radical (unpaired) electrons. The fourth-order valence-electron chi connectivity index (χ4n) is 1.00. The van der Waals surface area contributed by atoms with E-state index in [0.29, 0.717) is 0 Å². The zero-order valence-corrected chi connectivity index (χ0v) is 6.97. The first-order chi connectivity index (χ1) is 7.23. The maximum Gasteiger partial charge on any atom is 0.342 e. The molecule has 1 N–H and O–H groups in total. The quantitative estimate of drug-likeness (QED) is 0.552. The molecular formula is C7H11N3O3. The lowest BCUT2D eigenvalue weighted by atomic mass is 10.4. The largest absolute Gasteiger partial charge is 0.389 e. The minimum absolute atomic E-state index is 0.287. The zero-order valence-electron chi connectivity index (χ0n) is 9.97. The maximum absolute atomic E-state index is 10.6. The Kier molecular flexibility index (Phi) is 1.65. The molecule has 1 rings (SSSR count). The number of aliphatic hydroxyl groups is 1. The molecule has 0 saturated carbocycles. The van der Waals surface area contributed by atoms with Crippen molar-refractivity contribution in [3.63, 3.8) is 0 Å². The second-order valence-electron chi connectivity index (χ2n) is 2.55. The third-order valence-corrected chi connectivity index (χ3v) is 1.58. The van der Waals surface area contributed by atoms with Crippen LogP contribution >= 0.6 is 0 Å². The van der Waals surface area contributed by atoms with Crippen molar-refractivity contribution in [2.75, 3.05) is 0 Å². The Labute approximate surface area is 79.2 Å². The second kappa shape index (κ2) is 3.53. The normalized spacial score (nSPS) is 17.2. The predicted molar refractivity (Wildman–Crippen MR) is 45.3 cm³/mol. The van der Waals surface area contributed by atoms with Gasteiger partial charge in [-0.05, 0) is 11.8 Å². The molecule has 1 heterocycles. The Hall–Kier alpha value is -1.43. The van der Waals surface area contributed by atoms with Crippen molar-refractivity contribution in [1.29, 1.82) is 0 Å². The van der Waals surface area contributed by atoms with Crippen molar-refractivity contribution in [1.82, 2.24) is 9.55 Å². The third kappa shape index (κ3) is 2.03.